The second kappa shape index (κ2) is 10.8. The molecule has 11 heteroatoms. The molecule has 0 aliphatic heterocycles. The van der Waals surface area contributed by atoms with E-state index in [1.54, 1.807) is 36.4 Å². The maximum absolute atomic E-state index is 13.2. The number of rotatable bonds is 9. The number of hydrogen-bond acceptors (Lipinski definition) is 6. The molecule has 0 saturated heterocycles. The standard InChI is InChI=1S/C25H23ClN4O5S/c1-2-13-35-19-11-12-22(36(33,34)30-18-9-7-17(26)8-10-18)16(14-19)15-23(31)28-29-24-20-5-3-4-6-21(20)27-25(24)32/h3-12,14,27,30,32H,2,13,15H2,1H3. The highest BCUT2D eigenvalue weighted by molar-refractivity contribution is 7.92. The first kappa shape index (κ1) is 25.2. The predicted octanol–water partition coefficient (Wildman–Crippen LogP) is 5.97. The molecule has 0 saturated carbocycles. The number of halogens is 1. The van der Waals surface area contributed by atoms with Crippen molar-refractivity contribution < 1.29 is 23.1 Å². The summed E-state index contributed by atoms with van der Waals surface area (Å²) in [6, 6.07) is 17.6. The lowest BCUT2D eigenvalue weighted by molar-refractivity contribution is -0.117. The molecule has 0 fully saturated rings. The third-order valence-corrected chi connectivity index (χ3v) is 6.89. The molecule has 9 nitrogen and oxygen atoms in total. The van der Waals surface area contributed by atoms with Gasteiger partial charge in [0, 0.05) is 16.1 Å². The van der Waals surface area contributed by atoms with Gasteiger partial charge in [-0.15, -0.1) is 10.2 Å². The Morgan fingerprint density at radius 1 is 1.11 bits per heavy atom. The van der Waals surface area contributed by atoms with Gasteiger partial charge in [0.2, 0.25) is 5.88 Å². The summed E-state index contributed by atoms with van der Waals surface area (Å²) in [5.41, 5.74) is 1.27. The van der Waals surface area contributed by atoms with Gasteiger partial charge in [-0.25, -0.2) is 8.42 Å². The number of carbonyl (C=O) groups excluding carboxylic acids is 1. The number of para-hydroxylation sites is 1. The molecule has 36 heavy (non-hydrogen) atoms. The van der Waals surface area contributed by atoms with Crippen LogP contribution in [0.1, 0.15) is 18.9 Å². The van der Waals surface area contributed by atoms with E-state index in [4.69, 9.17) is 16.3 Å². The molecule has 3 N–H and O–H groups in total. The zero-order chi connectivity index (χ0) is 25.7. The van der Waals surface area contributed by atoms with Gasteiger partial charge in [-0.2, -0.15) is 0 Å². The van der Waals surface area contributed by atoms with Crippen LogP contribution in [-0.4, -0.2) is 31.0 Å². The Bertz CT molecular complexity index is 1530. The van der Waals surface area contributed by atoms with Crippen molar-refractivity contribution >= 4 is 49.8 Å². The van der Waals surface area contributed by atoms with E-state index in [0.717, 1.165) is 6.42 Å². The smallest absolute Gasteiger partial charge is 0.269 e. The van der Waals surface area contributed by atoms with Gasteiger partial charge >= 0.3 is 0 Å². The van der Waals surface area contributed by atoms with E-state index in [1.165, 1.54) is 30.3 Å². The van der Waals surface area contributed by atoms with Gasteiger partial charge in [0.25, 0.3) is 15.9 Å². The van der Waals surface area contributed by atoms with Crippen molar-refractivity contribution in [3.8, 4) is 11.6 Å². The van der Waals surface area contributed by atoms with E-state index in [2.05, 4.69) is 19.9 Å². The first-order chi connectivity index (χ1) is 17.3. The van der Waals surface area contributed by atoms with Crippen LogP contribution in [0.3, 0.4) is 0 Å². The van der Waals surface area contributed by atoms with Crippen molar-refractivity contribution in [2.24, 2.45) is 10.2 Å². The van der Waals surface area contributed by atoms with Gasteiger partial charge in [-0.05, 0) is 60.5 Å². The van der Waals surface area contributed by atoms with Gasteiger partial charge in [0.15, 0.2) is 5.69 Å². The van der Waals surface area contributed by atoms with Crippen LogP contribution in [0, 0.1) is 0 Å². The number of azo groups is 1. The van der Waals surface area contributed by atoms with E-state index in [0.29, 0.717) is 34.0 Å². The fourth-order valence-corrected chi connectivity index (χ4v) is 4.92. The van der Waals surface area contributed by atoms with Crippen molar-refractivity contribution in [1.82, 2.24) is 4.98 Å². The average Bonchev–Trinajstić information content (AvgIpc) is 3.17. The topological polar surface area (TPSA) is 133 Å². The lowest BCUT2D eigenvalue weighted by Gasteiger charge is -2.14. The van der Waals surface area contributed by atoms with Crippen LogP contribution in [-0.2, 0) is 21.2 Å². The molecule has 4 aromatic rings. The molecule has 0 unspecified atom stereocenters. The summed E-state index contributed by atoms with van der Waals surface area (Å²) >= 11 is 5.88. The second-order valence-electron chi connectivity index (χ2n) is 7.87. The number of anilines is 1. The summed E-state index contributed by atoms with van der Waals surface area (Å²) in [5, 5.41) is 18.8. The van der Waals surface area contributed by atoms with Crippen molar-refractivity contribution in [3.05, 3.63) is 77.3 Å². The van der Waals surface area contributed by atoms with E-state index >= 15 is 0 Å². The van der Waals surface area contributed by atoms with Crippen LogP contribution >= 0.6 is 11.6 Å². The maximum atomic E-state index is 13.2. The van der Waals surface area contributed by atoms with E-state index in [9.17, 15) is 18.3 Å². The Morgan fingerprint density at radius 3 is 2.61 bits per heavy atom. The number of hydrogen-bond donors (Lipinski definition) is 3. The SMILES string of the molecule is CCCOc1ccc(S(=O)(=O)Nc2ccc(Cl)cc2)c(CC(=O)N=Nc2c(O)[nH]c3ccccc23)c1. The highest BCUT2D eigenvalue weighted by Crippen LogP contribution is 2.35. The molecule has 0 aliphatic carbocycles. The van der Waals surface area contributed by atoms with Crippen LogP contribution in [0.5, 0.6) is 11.6 Å². The summed E-state index contributed by atoms with van der Waals surface area (Å²) in [5.74, 6) is -0.496. The Morgan fingerprint density at radius 2 is 1.86 bits per heavy atom. The largest absolute Gasteiger partial charge is 0.494 e. The van der Waals surface area contributed by atoms with Crippen molar-refractivity contribution in [1.29, 1.82) is 0 Å². The quantitative estimate of drug-likeness (QED) is 0.231. The number of fused-ring (bicyclic) bond motifs is 1. The van der Waals surface area contributed by atoms with Crippen LogP contribution in [0.25, 0.3) is 10.9 Å². The molecule has 1 aromatic heterocycles. The van der Waals surface area contributed by atoms with Crippen LogP contribution in [0.2, 0.25) is 5.02 Å². The van der Waals surface area contributed by atoms with Gasteiger partial charge in [0.1, 0.15) is 5.75 Å². The molecule has 0 radical (unpaired) electrons. The summed E-state index contributed by atoms with van der Waals surface area (Å²) < 4.78 is 34.4. The monoisotopic (exact) mass is 526 g/mol. The van der Waals surface area contributed by atoms with E-state index < -0.39 is 15.9 Å². The minimum atomic E-state index is -4.05. The first-order valence-corrected chi connectivity index (χ1v) is 12.9. The van der Waals surface area contributed by atoms with Crippen molar-refractivity contribution in [2.75, 3.05) is 11.3 Å². The average molecular weight is 527 g/mol. The maximum Gasteiger partial charge on any atom is 0.269 e. The van der Waals surface area contributed by atoms with Crippen molar-refractivity contribution in [3.63, 3.8) is 0 Å². The Balaban J connectivity index is 1.63. The number of sulfonamides is 1. The van der Waals surface area contributed by atoms with Crippen LogP contribution in [0.15, 0.2) is 81.9 Å². The number of aromatic amines is 1. The number of nitrogens with one attached hydrogen (secondary N) is 2. The number of carbonyl (C=O) groups is 1. The van der Waals surface area contributed by atoms with Gasteiger partial charge in [-0.1, -0.05) is 36.7 Å². The summed E-state index contributed by atoms with van der Waals surface area (Å²) in [6.07, 6.45) is 0.404. The van der Waals surface area contributed by atoms with Gasteiger partial charge < -0.3 is 14.8 Å². The molecule has 1 amide bonds. The zero-order valence-corrected chi connectivity index (χ0v) is 20.8. The third kappa shape index (κ3) is 5.84. The highest BCUT2D eigenvalue weighted by atomic mass is 35.5. The molecule has 3 aromatic carbocycles. The van der Waals surface area contributed by atoms with Gasteiger partial charge in [0.05, 0.1) is 23.4 Å². The molecule has 4 rings (SSSR count). The molecule has 0 atom stereocenters. The Labute approximate surface area is 212 Å². The minimum absolute atomic E-state index is 0.0974. The number of amides is 1. The number of H-pyrrole nitrogens is 1. The number of benzene rings is 3. The predicted molar refractivity (Wildman–Crippen MR) is 138 cm³/mol. The van der Waals surface area contributed by atoms with Crippen LogP contribution < -0.4 is 9.46 Å². The first-order valence-electron chi connectivity index (χ1n) is 11.0. The molecule has 186 valence electrons. The Hall–Kier alpha value is -3.89. The second-order valence-corrected chi connectivity index (χ2v) is 9.96. The summed E-state index contributed by atoms with van der Waals surface area (Å²) in [4.78, 5) is 15.4. The molecule has 0 aliphatic rings. The lowest BCUT2D eigenvalue weighted by atomic mass is 10.1. The summed E-state index contributed by atoms with van der Waals surface area (Å²) in [6.45, 7) is 2.38. The van der Waals surface area contributed by atoms with E-state index in [1.807, 2.05) is 6.92 Å². The zero-order valence-electron chi connectivity index (χ0n) is 19.2. The van der Waals surface area contributed by atoms with E-state index in [-0.39, 0.29) is 28.4 Å². The molecular weight excluding hydrogens is 504 g/mol. The lowest BCUT2D eigenvalue weighted by Crippen LogP contribution is -2.16. The number of ether oxygens (including phenoxy) is 1. The normalized spacial score (nSPS) is 11.7. The molecule has 0 bridgehead atoms. The minimum Gasteiger partial charge on any atom is -0.494 e. The van der Waals surface area contributed by atoms with Crippen molar-refractivity contribution in [2.45, 2.75) is 24.7 Å². The molecule has 0 spiro atoms. The van der Waals surface area contributed by atoms with Crippen LogP contribution in [0.4, 0.5) is 11.4 Å². The Kier molecular flexibility index (Phi) is 7.56. The number of aromatic hydroxyl groups is 1. The number of nitrogens with zero attached hydrogens (tertiary/aromatic N) is 2. The van der Waals surface area contributed by atoms with Gasteiger partial charge in [-0.3, -0.25) is 9.52 Å². The third-order valence-electron chi connectivity index (χ3n) is 5.15. The fraction of sp³-hybridized carbons (Fsp3) is 0.160. The molecule has 1 heterocycles. The molecular formula is C25H23ClN4O5S. The summed E-state index contributed by atoms with van der Waals surface area (Å²) in [7, 11) is -4.05. The number of aromatic nitrogens is 1. The highest BCUT2D eigenvalue weighted by Gasteiger charge is 2.21. The fourth-order valence-electron chi connectivity index (χ4n) is 3.51.